The molecule has 0 spiro atoms. The van der Waals surface area contributed by atoms with E-state index in [1.54, 1.807) is 11.3 Å². The maximum atomic E-state index is 5.79. The van der Waals surface area contributed by atoms with E-state index in [1.807, 2.05) is 18.2 Å². The van der Waals surface area contributed by atoms with Gasteiger partial charge in [0, 0.05) is 18.7 Å². The first-order chi connectivity index (χ1) is 8.74. The number of hydrogen-bond acceptors (Lipinski definition) is 4. The van der Waals surface area contributed by atoms with E-state index >= 15 is 0 Å². The standard InChI is InChI=1S/C14H18N2OS/c1-2-17-11-5-9(6-11)7-14-16-12-4-3-10(15)8-13(12)18-14/h3-4,8-9,11H,2,5-7,15H2,1H3. The third-order valence-electron chi connectivity index (χ3n) is 3.51. The van der Waals surface area contributed by atoms with Crippen molar-refractivity contribution in [3.63, 3.8) is 0 Å². The van der Waals surface area contributed by atoms with Gasteiger partial charge in [-0.15, -0.1) is 11.3 Å². The molecule has 0 unspecified atom stereocenters. The summed E-state index contributed by atoms with van der Waals surface area (Å²) in [6.07, 6.45) is 3.95. The maximum Gasteiger partial charge on any atom is 0.0941 e. The highest BCUT2D eigenvalue weighted by Crippen LogP contribution is 2.35. The number of thiazole rings is 1. The Balaban J connectivity index is 1.65. The first kappa shape index (κ1) is 11.9. The molecule has 96 valence electrons. The maximum absolute atomic E-state index is 5.79. The number of fused-ring (bicyclic) bond motifs is 1. The monoisotopic (exact) mass is 262 g/mol. The third-order valence-corrected chi connectivity index (χ3v) is 4.56. The van der Waals surface area contributed by atoms with Gasteiger partial charge in [-0.05, 0) is 43.9 Å². The van der Waals surface area contributed by atoms with E-state index in [0.717, 1.165) is 30.1 Å². The van der Waals surface area contributed by atoms with E-state index in [4.69, 9.17) is 10.5 Å². The Hall–Kier alpha value is -1.13. The van der Waals surface area contributed by atoms with Gasteiger partial charge in [-0.3, -0.25) is 0 Å². The van der Waals surface area contributed by atoms with Crippen LogP contribution >= 0.6 is 11.3 Å². The number of anilines is 1. The largest absolute Gasteiger partial charge is 0.399 e. The van der Waals surface area contributed by atoms with Crippen molar-refractivity contribution in [1.29, 1.82) is 0 Å². The van der Waals surface area contributed by atoms with E-state index in [-0.39, 0.29) is 0 Å². The Labute approximate surface area is 111 Å². The van der Waals surface area contributed by atoms with Crippen molar-refractivity contribution in [3.8, 4) is 0 Å². The van der Waals surface area contributed by atoms with Crippen LogP contribution in [-0.2, 0) is 11.2 Å². The molecule has 3 rings (SSSR count). The number of nitrogen functional groups attached to an aromatic ring is 1. The Morgan fingerprint density at radius 1 is 1.44 bits per heavy atom. The van der Waals surface area contributed by atoms with E-state index in [9.17, 15) is 0 Å². The highest BCUT2D eigenvalue weighted by molar-refractivity contribution is 7.18. The van der Waals surface area contributed by atoms with Crippen LogP contribution in [0.4, 0.5) is 5.69 Å². The van der Waals surface area contributed by atoms with Crippen LogP contribution in [-0.4, -0.2) is 17.7 Å². The molecule has 2 aromatic rings. The van der Waals surface area contributed by atoms with Gasteiger partial charge in [0.15, 0.2) is 0 Å². The third kappa shape index (κ3) is 2.35. The minimum atomic E-state index is 0.491. The zero-order chi connectivity index (χ0) is 12.5. The van der Waals surface area contributed by atoms with Crippen LogP contribution in [0.25, 0.3) is 10.2 Å². The second-order valence-electron chi connectivity index (χ2n) is 4.95. The van der Waals surface area contributed by atoms with Crippen molar-refractivity contribution in [1.82, 2.24) is 4.98 Å². The highest BCUT2D eigenvalue weighted by atomic mass is 32.1. The van der Waals surface area contributed by atoms with Crippen molar-refractivity contribution in [2.24, 2.45) is 5.92 Å². The van der Waals surface area contributed by atoms with Gasteiger partial charge >= 0.3 is 0 Å². The van der Waals surface area contributed by atoms with Gasteiger partial charge < -0.3 is 10.5 Å². The fraction of sp³-hybridized carbons (Fsp3) is 0.500. The van der Waals surface area contributed by atoms with Crippen LogP contribution in [0.1, 0.15) is 24.8 Å². The summed E-state index contributed by atoms with van der Waals surface area (Å²) >= 11 is 1.77. The lowest BCUT2D eigenvalue weighted by molar-refractivity contribution is -0.0240. The fourth-order valence-corrected chi connectivity index (χ4v) is 3.67. The van der Waals surface area contributed by atoms with E-state index < -0.39 is 0 Å². The number of ether oxygens (including phenoxy) is 1. The second-order valence-corrected chi connectivity index (χ2v) is 6.07. The summed E-state index contributed by atoms with van der Waals surface area (Å²) in [5.74, 6) is 0.749. The lowest BCUT2D eigenvalue weighted by Crippen LogP contribution is -2.32. The molecule has 1 fully saturated rings. The molecule has 1 saturated carbocycles. The summed E-state index contributed by atoms with van der Waals surface area (Å²) in [5, 5.41) is 1.23. The highest BCUT2D eigenvalue weighted by Gasteiger charge is 2.30. The fourth-order valence-electron chi connectivity index (χ4n) is 2.54. The zero-order valence-corrected chi connectivity index (χ0v) is 11.4. The molecule has 0 bridgehead atoms. The molecule has 18 heavy (non-hydrogen) atoms. The van der Waals surface area contributed by atoms with Crippen molar-refractivity contribution in [3.05, 3.63) is 23.2 Å². The normalized spacial score (nSPS) is 23.2. The van der Waals surface area contributed by atoms with Crippen molar-refractivity contribution in [2.75, 3.05) is 12.3 Å². The molecule has 2 N–H and O–H groups in total. The summed E-state index contributed by atoms with van der Waals surface area (Å²) in [6, 6.07) is 5.94. The summed E-state index contributed by atoms with van der Waals surface area (Å²) in [5.41, 5.74) is 7.68. The predicted octanol–water partition coefficient (Wildman–Crippen LogP) is 3.24. The van der Waals surface area contributed by atoms with Crippen LogP contribution < -0.4 is 5.73 Å². The van der Waals surface area contributed by atoms with Crippen LogP contribution in [0.3, 0.4) is 0 Å². The van der Waals surface area contributed by atoms with Crippen LogP contribution in [0.2, 0.25) is 0 Å². The molecular formula is C14H18N2OS. The number of nitrogens with two attached hydrogens (primary N) is 1. The first-order valence-corrected chi connectivity index (χ1v) is 7.32. The molecule has 0 radical (unpaired) electrons. The van der Waals surface area contributed by atoms with Gasteiger partial charge in [0.2, 0.25) is 0 Å². The van der Waals surface area contributed by atoms with Crippen LogP contribution in [0.15, 0.2) is 18.2 Å². The molecule has 0 atom stereocenters. The number of nitrogens with zero attached hydrogens (tertiary/aromatic N) is 1. The van der Waals surface area contributed by atoms with E-state index in [0.29, 0.717) is 6.10 Å². The van der Waals surface area contributed by atoms with Crippen LogP contribution in [0.5, 0.6) is 0 Å². The van der Waals surface area contributed by atoms with Gasteiger partial charge in [0.05, 0.1) is 21.3 Å². The molecule has 3 nitrogen and oxygen atoms in total. The number of hydrogen-bond donors (Lipinski definition) is 1. The average molecular weight is 262 g/mol. The number of aromatic nitrogens is 1. The first-order valence-electron chi connectivity index (χ1n) is 6.51. The smallest absolute Gasteiger partial charge is 0.0941 e. The Kier molecular flexibility index (Phi) is 3.22. The van der Waals surface area contributed by atoms with Crippen LogP contribution in [0, 0.1) is 5.92 Å². The summed E-state index contributed by atoms with van der Waals surface area (Å²) in [4.78, 5) is 4.67. The molecule has 1 aliphatic rings. The number of benzene rings is 1. The Morgan fingerprint density at radius 3 is 3.06 bits per heavy atom. The molecule has 0 aliphatic heterocycles. The lowest BCUT2D eigenvalue weighted by atomic mass is 9.80. The minimum absolute atomic E-state index is 0.491. The van der Waals surface area contributed by atoms with Crippen molar-refractivity contribution in [2.45, 2.75) is 32.3 Å². The Bertz CT molecular complexity index is 546. The topological polar surface area (TPSA) is 48.1 Å². The minimum Gasteiger partial charge on any atom is -0.399 e. The van der Waals surface area contributed by atoms with E-state index in [2.05, 4.69) is 11.9 Å². The molecule has 1 aromatic carbocycles. The summed E-state index contributed by atoms with van der Waals surface area (Å²) in [7, 11) is 0. The molecular weight excluding hydrogens is 244 g/mol. The van der Waals surface area contributed by atoms with Crippen molar-refractivity contribution < 1.29 is 4.74 Å². The molecule has 1 aliphatic carbocycles. The molecule has 1 aromatic heterocycles. The van der Waals surface area contributed by atoms with Gasteiger partial charge in [-0.25, -0.2) is 4.98 Å². The molecule has 4 heteroatoms. The zero-order valence-electron chi connectivity index (χ0n) is 10.6. The lowest BCUT2D eigenvalue weighted by Gasteiger charge is -2.34. The molecule has 1 heterocycles. The average Bonchev–Trinajstić information content (AvgIpc) is 2.68. The molecule has 0 amide bonds. The summed E-state index contributed by atoms with van der Waals surface area (Å²) in [6.45, 7) is 2.89. The second kappa shape index (κ2) is 4.86. The summed E-state index contributed by atoms with van der Waals surface area (Å²) < 4.78 is 6.79. The quantitative estimate of drug-likeness (QED) is 0.860. The van der Waals surface area contributed by atoms with E-state index in [1.165, 1.54) is 22.5 Å². The predicted molar refractivity (Wildman–Crippen MR) is 75.9 cm³/mol. The Morgan fingerprint density at radius 2 is 2.28 bits per heavy atom. The van der Waals surface area contributed by atoms with Crippen molar-refractivity contribution >= 4 is 27.2 Å². The molecule has 0 saturated heterocycles. The number of rotatable bonds is 4. The van der Waals surface area contributed by atoms with Gasteiger partial charge in [-0.1, -0.05) is 0 Å². The van der Waals surface area contributed by atoms with Gasteiger partial charge in [0.25, 0.3) is 0 Å². The SMILES string of the molecule is CCOC1CC(Cc2nc3ccc(N)cc3s2)C1. The van der Waals surface area contributed by atoms with Gasteiger partial charge in [0.1, 0.15) is 0 Å². The van der Waals surface area contributed by atoms with Gasteiger partial charge in [-0.2, -0.15) is 0 Å².